The van der Waals surface area contributed by atoms with E-state index in [1.165, 1.54) is 0 Å². The lowest BCUT2D eigenvalue weighted by atomic mass is 9.99. The third kappa shape index (κ3) is 3.14. The predicted molar refractivity (Wildman–Crippen MR) is 76.3 cm³/mol. The van der Waals surface area contributed by atoms with Crippen molar-refractivity contribution in [1.29, 1.82) is 0 Å². The fraction of sp³-hybridized carbons (Fsp3) is 0.533. The van der Waals surface area contributed by atoms with E-state index in [4.69, 9.17) is 4.74 Å². The highest BCUT2D eigenvalue weighted by atomic mass is 16.5. The van der Waals surface area contributed by atoms with Crippen LogP contribution in [0.25, 0.3) is 0 Å². The zero-order valence-corrected chi connectivity index (χ0v) is 11.8. The molecular formula is C15H22N2O2. The number of para-hydroxylation sites is 1. The van der Waals surface area contributed by atoms with E-state index < -0.39 is 0 Å². The number of carbonyl (C=O) groups is 1. The zero-order valence-electron chi connectivity index (χ0n) is 11.8. The summed E-state index contributed by atoms with van der Waals surface area (Å²) in [5.41, 5.74) is 2.07. The van der Waals surface area contributed by atoms with Crippen LogP contribution in [0.1, 0.15) is 25.3 Å². The Morgan fingerprint density at radius 1 is 1.32 bits per heavy atom. The largest absolute Gasteiger partial charge is 0.379 e. The zero-order chi connectivity index (χ0) is 13.8. The molecule has 4 nitrogen and oxygen atoms in total. The second-order valence-corrected chi connectivity index (χ2v) is 5.27. The Bertz CT molecular complexity index is 446. The van der Waals surface area contributed by atoms with Gasteiger partial charge in [-0.05, 0) is 24.6 Å². The fourth-order valence-corrected chi connectivity index (χ4v) is 2.44. The van der Waals surface area contributed by atoms with Gasteiger partial charge in [-0.15, -0.1) is 0 Å². The lowest BCUT2D eigenvalue weighted by Gasteiger charge is -2.19. The first-order valence-electron chi connectivity index (χ1n) is 6.78. The Hall–Kier alpha value is -1.39. The predicted octanol–water partition coefficient (Wildman–Crippen LogP) is 1.98. The Morgan fingerprint density at radius 3 is 2.74 bits per heavy atom. The molecule has 0 bridgehead atoms. The SMILES string of the molecule is CNC1COCC1C(=O)Nc1ccccc1C(C)C. The molecule has 1 aromatic rings. The number of amides is 1. The topological polar surface area (TPSA) is 50.4 Å². The van der Waals surface area contributed by atoms with Crippen LogP contribution in [0, 0.1) is 5.92 Å². The summed E-state index contributed by atoms with van der Waals surface area (Å²) in [5, 5.41) is 6.17. The molecule has 19 heavy (non-hydrogen) atoms. The maximum absolute atomic E-state index is 12.3. The molecule has 1 aliphatic heterocycles. The van der Waals surface area contributed by atoms with Crippen molar-refractivity contribution < 1.29 is 9.53 Å². The van der Waals surface area contributed by atoms with Crippen LogP contribution in [-0.4, -0.2) is 32.2 Å². The summed E-state index contributed by atoms with van der Waals surface area (Å²) in [6.07, 6.45) is 0. The first-order chi connectivity index (χ1) is 9.13. The summed E-state index contributed by atoms with van der Waals surface area (Å²) in [7, 11) is 1.86. The Balaban J connectivity index is 2.11. The summed E-state index contributed by atoms with van der Waals surface area (Å²) in [4.78, 5) is 12.3. The van der Waals surface area contributed by atoms with Gasteiger partial charge >= 0.3 is 0 Å². The Morgan fingerprint density at radius 2 is 2.05 bits per heavy atom. The molecule has 2 rings (SSSR count). The second kappa shape index (κ2) is 6.17. The monoisotopic (exact) mass is 262 g/mol. The smallest absolute Gasteiger partial charge is 0.231 e. The molecule has 1 fully saturated rings. The maximum Gasteiger partial charge on any atom is 0.231 e. The van der Waals surface area contributed by atoms with Gasteiger partial charge in [-0.25, -0.2) is 0 Å². The summed E-state index contributed by atoms with van der Waals surface area (Å²) >= 11 is 0. The summed E-state index contributed by atoms with van der Waals surface area (Å²) < 4.78 is 5.37. The maximum atomic E-state index is 12.3. The number of likely N-dealkylation sites (N-methyl/N-ethyl adjacent to an activating group) is 1. The molecule has 1 aromatic carbocycles. The van der Waals surface area contributed by atoms with Gasteiger partial charge in [0, 0.05) is 11.7 Å². The van der Waals surface area contributed by atoms with E-state index in [0.717, 1.165) is 11.3 Å². The number of hydrogen-bond donors (Lipinski definition) is 2. The molecule has 0 aromatic heterocycles. The highest BCUT2D eigenvalue weighted by Crippen LogP contribution is 2.25. The van der Waals surface area contributed by atoms with Crippen LogP contribution in [0.4, 0.5) is 5.69 Å². The molecule has 2 atom stereocenters. The van der Waals surface area contributed by atoms with Crippen molar-refractivity contribution in [3.8, 4) is 0 Å². The van der Waals surface area contributed by atoms with Gasteiger partial charge in [0.15, 0.2) is 0 Å². The van der Waals surface area contributed by atoms with Gasteiger partial charge in [-0.1, -0.05) is 32.0 Å². The fourth-order valence-electron chi connectivity index (χ4n) is 2.44. The molecule has 0 spiro atoms. The minimum Gasteiger partial charge on any atom is -0.379 e. The van der Waals surface area contributed by atoms with E-state index in [2.05, 4.69) is 30.5 Å². The van der Waals surface area contributed by atoms with Crippen LogP contribution < -0.4 is 10.6 Å². The number of carbonyl (C=O) groups excluding carboxylic acids is 1. The molecule has 2 N–H and O–H groups in total. The van der Waals surface area contributed by atoms with Crippen molar-refractivity contribution in [3.63, 3.8) is 0 Å². The lowest BCUT2D eigenvalue weighted by Crippen LogP contribution is -2.39. The number of anilines is 1. The van der Waals surface area contributed by atoms with Crippen molar-refractivity contribution in [2.45, 2.75) is 25.8 Å². The number of rotatable bonds is 4. The standard InChI is InChI=1S/C15H22N2O2/c1-10(2)11-6-4-5-7-13(11)17-15(18)12-8-19-9-14(12)16-3/h4-7,10,12,14,16H,8-9H2,1-3H3,(H,17,18). The molecule has 4 heteroatoms. The molecule has 1 saturated heterocycles. The lowest BCUT2D eigenvalue weighted by molar-refractivity contribution is -0.120. The third-order valence-electron chi connectivity index (χ3n) is 3.63. The van der Waals surface area contributed by atoms with E-state index >= 15 is 0 Å². The number of hydrogen-bond acceptors (Lipinski definition) is 3. The van der Waals surface area contributed by atoms with Crippen molar-refractivity contribution in [2.24, 2.45) is 5.92 Å². The van der Waals surface area contributed by atoms with Crippen molar-refractivity contribution >= 4 is 11.6 Å². The van der Waals surface area contributed by atoms with Crippen LogP contribution >= 0.6 is 0 Å². The Labute approximate surface area is 114 Å². The van der Waals surface area contributed by atoms with Crippen molar-refractivity contribution in [3.05, 3.63) is 29.8 Å². The van der Waals surface area contributed by atoms with Crippen LogP contribution in [0.2, 0.25) is 0 Å². The summed E-state index contributed by atoms with van der Waals surface area (Å²) in [6.45, 7) is 5.34. The quantitative estimate of drug-likeness (QED) is 0.872. The van der Waals surface area contributed by atoms with Crippen LogP contribution in [0.15, 0.2) is 24.3 Å². The minimum absolute atomic E-state index is 0.0324. The molecule has 1 heterocycles. The van der Waals surface area contributed by atoms with E-state index in [9.17, 15) is 4.79 Å². The first kappa shape index (κ1) is 14.0. The van der Waals surface area contributed by atoms with E-state index in [-0.39, 0.29) is 17.9 Å². The minimum atomic E-state index is -0.120. The normalized spacial score (nSPS) is 22.7. The molecule has 0 aliphatic carbocycles. The van der Waals surface area contributed by atoms with Crippen LogP contribution in [-0.2, 0) is 9.53 Å². The van der Waals surface area contributed by atoms with Crippen molar-refractivity contribution in [2.75, 3.05) is 25.6 Å². The molecule has 1 amide bonds. The van der Waals surface area contributed by atoms with Gasteiger partial charge in [-0.2, -0.15) is 0 Å². The molecule has 104 valence electrons. The third-order valence-corrected chi connectivity index (χ3v) is 3.63. The van der Waals surface area contributed by atoms with Crippen LogP contribution in [0.5, 0.6) is 0 Å². The summed E-state index contributed by atoms with van der Waals surface area (Å²) in [6, 6.07) is 8.06. The molecular weight excluding hydrogens is 240 g/mol. The van der Waals surface area contributed by atoms with E-state index in [0.29, 0.717) is 19.1 Å². The molecule has 2 unspecified atom stereocenters. The van der Waals surface area contributed by atoms with Gasteiger partial charge in [0.25, 0.3) is 0 Å². The van der Waals surface area contributed by atoms with Crippen LogP contribution in [0.3, 0.4) is 0 Å². The summed E-state index contributed by atoms with van der Waals surface area (Å²) in [5.74, 6) is 0.298. The first-order valence-corrected chi connectivity index (χ1v) is 6.78. The number of nitrogens with one attached hydrogen (secondary N) is 2. The molecule has 0 radical (unpaired) electrons. The average molecular weight is 262 g/mol. The van der Waals surface area contributed by atoms with Crippen molar-refractivity contribution in [1.82, 2.24) is 5.32 Å². The van der Waals surface area contributed by atoms with Gasteiger partial charge < -0.3 is 15.4 Å². The highest BCUT2D eigenvalue weighted by Gasteiger charge is 2.33. The van der Waals surface area contributed by atoms with Gasteiger partial charge in [0.05, 0.1) is 19.1 Å². The second-order valence-electron chi connectivity index (χ2n) is 5.27. The van der Waals surface area contributed by atoms with E-state index in [1.54, 1.807) is 0 Å². The average Bonchev–Trinajstić information content (AvgIpc) is 2.87. The van der Waals surface area contributed by atoms with Gasteiger partial charge in [0.2, 0.25) is 5.91 Å². The Kier molecular flexibility index (Phi) is 4.56. The van der Waals surface area contributed by atoms with Gasteiger partial charge in [0.1, 0.15) is 0 Å². The number of ether oxygens (including phenoxy) is 1. The molecule has 0 saturated carbocycles. The highest BCUT2D eigenvalue weighted by molar-refractivity contribution is 5.94. The molecule has 1 aliphatic rings. The van der Waals surface area contributed by atoms with Gasteiger partial charge in [-0.3, -0.25) is 4.79 Å². The van der Waals surface area contributed by atoms with E-state index in [1.807, 2.05) is 25.2 Å². The number of benzene rings is 1.